The third-order valence-electron chi connectivity index (χ3n) is 2.40. The topological polar surface area (TPSA) is 43.1 Å². The molecule has 6 heteroatoms. The predicted molar refractivity (Wildman–Crippen MR) is 58.4 cm³/mol. The molecule has 2 aromatic carbocycles. The molecule has 3 nitrogen and oxygen atoms in total. The first-order chi connectivity index (χ1) is 8.50. The Balaban J connectivity index is 2.66. The van der Waals surface area contributed by atoms with Crippen LogP contribution in [-0.4, -0.2) is 4.92 Å². The van der Waals surface area contributed by atoms with Gasteiger partial charge in [-0.3, -0.25) is 10.1 Å². The normalized spacial score (nSPS) is 10.4. The molecule has 18 heavy (non-hydrogen) atoms. The van der Waals surface area contributed by atoms with Gasteiger partial charge in [-0.05, 0) is 23.8 Å². The fourth-order valence-electron chi connectivity index (χ4n) is 1.59. The Labute approximate surface area is 99.6 Å². The van der Waals surface area contributed by atoms with Crippen molar-refractivity contribution in [1.29, 1.82) is 0 Å². The lowest BCUT2D eigenvalue weighted by Gasteiger charge is -2.04. The minimum atomic E-state index is -1.60. The highest BCUT2D eigenvalue weighted by Crippen LogP contribution is 2.31. The molecule has 0 saturated heterocycles. The second kappa shape index (κ2) is 4.48. The maximum Gasteiger partial charge on any atom is 0.277 e. The molecule has 0 heterocycles. The van der Waals surface area contributed by atoms with Crippen LogP contribution < -0.4 is 0 Å². The van der Waals surface area contributed by atoms with Gasteiger partial charge in [0.25, 0.3) is 5.69 Å². The summed E-state index contributed by atoms with van der Waals surface area (Å²) in [6.45, 7) is 0. The first-order valence-corrected chi connectivity index (χ1v) is 4.89. The number of rotatable bonds is 2. The van der Waals surface area contributed by atoms with Gasteiger partial charge in [0.15, 0.2) is 17.5 Å². The van der Waals surface area contributed by atoms with Gasteiger partial charge in [-0.2, -0.15) is 0 Å². The number of hydrogen-bond donors (Lipinski definition) is 0. The van der Waals surface area contributed by atoms with E-state index in [0.717, 1.165) is 12.1 Å². The summed E-state index contributed by atoms with van der Waals surface area (Å²) >= 11 is 0. The predicted octanol–water partition coefficient (Wildman–Crippen LogP) is 3.68. The van der Waals surface area contributed by atoms with Gasteiger partial charge in [0.05, 0.1) is 10.5 Å². The lowest BCUT2D eigenvalue weighted by molar-refractivity contribution is -0.384. The Bertz CT molecular complexity index is 605. The van der Waals surface area contributed by atoms with Crippen LogP contribution in [0.3, 0.4) is 0 Å². The molecule has 0 aliphatic carbocycles. The molecule has 0 atom stereocenters. The quantitative estimate of drug-likeness (QED) is 0.465. The monoisotopic (exact) mass is 253 g/mol. The molecule has 0 spiro atoms. The SMILES string of the molecule is O=[N+]([O-])c1ccccc1-c1cc(F)c(F)c(F)c1. The minimum Gasteiger partial charge on any atom is -0.258 e. The molecule has 0 aliphatic heterocycles. The van der Waals surface area contributed by atoms with Crippen molar-refractivity contribution in [2.45, 2.75) is 0 Å². The highest BCUT2D eigenvalue weighted by atomic mass is 19.2. The van der Waals surface area contributed by atoms with Gasteiger partial charge in [-0.15, -0.1) is 0 Å². The van der Waals surface area contributed by atoms with Crippen LogP contribution in [-0.2, 0) is 0 Å². The highest BCUT2D eigenvalue weighted by molar-refractivity contribution is 5.73. The van der Waals surface area contributed by atoms with E-state index < -0.39 is 22.4 Å². The van der Waals surface area contributed by atoms with Gasteiger partial charge in [0.1, 0.15) is 0 Å². The molecule has 0 amide bonds. The van der Waals surface area contributed by atoms with Crippen molar-refractivity contribution >= 4 is 5.69 Å². The number of nitrogens with zero attached hydrogens (tertiary/aromatic N) is 1. The molecule has 2 aromatic rings. The van der Waals surface area contributed by atoms with Gasteiger partial charge in [-0.1, -0.05) is 12.1 Å². The van der Waals surface area contributed by atoms with E-state index in [9.17, 15) is 23.3 Å². The van der Waals surface area contributed by atoms with Crippen molar-refractivity contribution in [3.05, 3.63) is 64.0 Å². The smallest absolute Gasteiger partial charge is 0.258 e. The molecule has 0 bridgehead atoms. The summed E-state index contributed by atoms with van der Waals surface area (Å²) in [5, 5.41) is 10.8. The van der Waals surface area contributed by atoms with Crippen molar-refractivity contribution in [2.75, 3.05) is 0 Å². The molecule has 92 valence electrons. The second-order valence-electron chi connectivity index (χ2n) is 3.53. The molecule has 0 aliphatic rings. The highest BCUT2D eigenvalue weighted by Gasteiger charge is 2.18. The Hall–Kier alpha value is -2.37. The molecular weight excluding hydrogens is 247 g/mol. The lowest BCUT2D eigenvalue weighted by atomic mass is 10.0. The minimum absolute atomic E-state index is 0.0281. The summed E-state index contributed by atoms with van der Waals surface area (Å²) in [7, 11) is 0. The fourth-order valence-corrected chi connectivity index (χ4v) is 1.59. The second-order valence-corrected chi connectivity index (χ2v) is 3.53. The van der Waals surface area contributed by atoms with E-state index in [1.54, 1.807) is 0 Å². The summed E-state index contributed by atoms with van der Waals surface area (Å²) in [4.78, 5) is 10.1. The zero-order valence-corrected chi connectivity index (χ0v) is 8.86. The molecule has 0 unspecified atom stereocenters. The maximum absolute atomic E-state index is 13.1. The molecule has 0 radical (unpaired) electrons. The van der Waals surface area contributed by atoms with E-state index in [4.69, 9.17) is 0 Å². The lowest BCUT2D eigenvalue weighted by Crippen LogP contribution is -1.95. The average Bonchev–Trinajstić information content (AvgIpc) is 2.35. The Kier molecular flexibility index (Phi) is 3.01. The van der Waals surface area contributed by atoms with E-state index in [-0.39, 0.29) is 16.8 Å². The Morgan fingerprint density at radius 1 is 1.00 bits per heavy atom. The van der Waals surface area contributed by atoms with Crippen LogP contribution in [0.5, 0.6) is 0 Å². The number of hydrogen-bond acceptors (Lipinski definition) is 2. The van der Waals surface area contributed by atoms with Gasteiger partial charge < -0.3 is 0 Å². The summed E-state index contributed by atoms with van der Waals surface area (Å²) < 4.78 is 38.9. The molecule has 0 saturated carbocycles. The Morgan fingerprint density at radius 3 is 2.11 bits per heavy atom. The standard InChI is InChI=1S/C12H6F3NO2/c13-9-5-7(6-10(14)12(9)15)8-3-1-2-4-11(8)16(17)18/h1-6H. The van der Waals surface area contributed by atoms with Gasteiger partial charge in [-0.25, -0.2) is 13.2 Å². The van der Waals surface area contributed by atoms with Crippen LogP contribution in [0.15, 0.2) is 36.4 Å². The van der Waals surface area contributed by atoms with Gasteiger partial charge in [0.2, 0.25) is 0 Å². The van der Waals surface area contributed by atoms with Crippen LogP contribution in [0.25, 0.3) is 11.1 Å². The summed E-state index contributed by atoms with van der Waals surface area (Å²) in [5.41, 5.74) is -0.359. The average molecular weight is 253 g/mol. The summed E-state index contributed by atoms with van der Waals surface area (Å²) in [6, 6.07) is 6.90. The molecule has 0 fully saturated rings. The largest absolute Gasteiger partial charge is 0.277 e. The third kappa shape index (κ3) is 2.04. The van der Waals surface area contributed by atoms with E-state index in [1.165, 1.54) is 24.3 Å². The van der Waals surface area contributed by atoms with Crippen molar-refractivity contribution in [3.63, 3.8) is 0 Å². The van der Waals surface area contributed by atoms with Crippen molar-refractivity contribution in [2.24, 2.45) is 0 Å². The van der Waals surface area contributed by atoms with E-state index in [0.29, 0.717) is 0 Å². The number of nitro benzene ring substituents is 1. The van der Waals surface area contributed by atoms with Crippen molar-refractivity contribution in [1.82, 2.24) is 0 Å². The van der Waals surface area contributed by atoms with E-state index in [1.807, 2.05) is 0 Å². The zero-order chi connectivity index (χ0) is 13.3. The van der Waals surface area contributed by atoms with Gasteiger partial charge in [0, 0.05) is 6.07 Å². The number of benzene rings is 2. The van der Waals surface area contributed by atoms with E-state index in [2.05, 4.69) is 0 Å². The van der Waals surface area contributed by atoms with Crippen LogP contribution in [0.2, 0.25) is 0 Å². The summed E-state index contributed by atoms with van der Waals surface area (Å²) in [5.74, 6) is -4.37. The number of nitro groups is 1. The Morgan fingerprint density at radius 2 is 1.56 bits per heavy atom. The molecule has 0 N–H and O–H groups in total. The van der Waals surface area contributed by atoms with Crippen LogP contribution in [0, 0.1) is 27.6 Å². The number of halogens is 3. The van der Waals surface area contributed by atoms with Crippen LogP contribution in [0.1, 0.15) is 0 Å². The van der Waals surface area contributed by atoms with E-state index >= 15 is 0 Å². The molecular formula is C12H6F3NO2. The van der Waals surface area contributed by atoms with Crippen molar-refractivity contribution < 1.29 is 18.1 Å². The van der Waals surface area contributed by atoms with Crippen LogP contribution in [0.4, 0.5) is 18.9 Å². The maximum atomic E-state index is 13.1. The first kappa shape index (κ1) is 12.1. The van der Waals surface area contributed by atoms with Crippen molar-refractivity contribution in [3.8, 4) is 11.1 Å². The van der Waals surface area contributed by atoms with Crippen LogP contribution >= 0.6 is 0 Å². The number of para-hydroxylation sites is 1. The zero-order valence-electron chi connectivity index (χ0n) is 8.86. The first-order valence-electron chi connectivity index (χ1n) is 4.89. The molecule has 0 aromatic heterocycles. The van der Waals surface area contributed by atoms with Gasteiger partial charge >= 0.3 is 0 Å². The fraction of sp³-hybridized carbons (Fsp3) is 0. The third-order valence-corrected chi connectivity index (χ3v) is 2.40. The molecule has 2 rings (SSSR count). The summed E-state index contributed by atoms with van der Waals surface area (Å²) in [6.07, 6.45) is 0.